The van der Waals surface area contributed by atoms with E-state index in [2.05, 4.69) is 35.9 Å². The molecule has 0 N–H and O–H groups in total. The molecule has 0 bridgehead atoms. The zero-order valence-electron chi connectivity index (χ0n) is 15.6. The fourth-order valence-electron chi connectivity index (χ4n) is 3.43. The Kier molecular flexibility index (Phi) is 5.17. The largest absolute Gasteiger partial charge is 0.256 e. The van der Waals surface area contributed by atoms with Crippen LogP contribution in [0.25, 0.3) is 33.6 Å². The smallest absolute Gasteiger partial charge is 0.0737 e. The molecule has 4 aromatic rings. The highest BCUT2D eigenvalue weighted by molar-refractivity contribution is 6.31. The summed E-state index contributed by atoms with van der Waals surface area (Å²) in [6, 6.07) is 19.8. The third-order valence-corrected chi connectivity index (χ3v) is 5.25. The van der Waals surface area contributed by atoms with Gasteiger partial charge in [-0.1, -0.05) is 47.5 Å². The second-order valence-corrected chi connectivity index (χ2v) is 7.59. The Balaban J connectivity index is 2.02. The van der Waals surface area contributed by atoms with E-state index in [0.29, 0.717) is 10.0 Å². The van der Waals surface area contributed by atoms with Crippen LogP contribution in [0, 0.1) is 13.8 Å². The van der Waals surface area contributed by atoms with Gasteiger partial charge in [0, 0.05) is 33.6 Å². The van der Waals surface area contributed by atoms with Crippen molar-refractivity contribution in [2.24, 2.45) is 0 Å². The molecule has 0 amide bonds. The van der Waals surface area contributed by atoms with Crippen LogP contribution in [-0.4, -0.2) is 9.97 Å². The number of hydrogen-bond donors (Lipinski definition) is 0. The van der Waals surface area contributed by atoms with Gasteiger partial charge in [-0.25, -0.2) is 0 Å². The van der Waals surface area contributed by atoms with Crippen LogP contribution in [0.5, 0.6) is 0 Å². The van der Waals surface area contributed by atoms with E-state index in [1.54, 1.807) is 12.4 Å². The first-order valence-electron chi connectivity index (χ1n) is 8.98. The maximum Gasteiger partial charge on any atom is 0.0737 e. The van der Waals surface area contributed by atoms with Crippen LogP contribution in [0.4, 0.5) is 0 Å². The topological polar surface area (TPSA) is 25.8 Å². The lowest BCUT2D eigenvalue weighted by Crippen LogP contribution is -1.95. The van der Waals surface area contributed by atoms with E-state index in [1.807, 2.05) is 48.5 Å². The summed E-state index contributed by atoms with van der Waals surface area (Å²) in [6.45, 7) is 4.11. The van der Waals surface area contributed by atoms with Crippen LogP contribution in [0.3, 0.4) is 0 Å². The first-order valence-corrected chi connectivity index (χ1v) is 9.73. The number of rotatable bonds is 3. The highest BCUT2D eigenvalue weighted by Gasteiger charge is 2.17. The van der Waals surface area contributed by atoms with Crippen molar-refractivity contribution in [3.63, 3.8) is 0 Å². The molecule has 0 saturated carbocycles. The van der Waals surface area contributed by atoms with Crippen LogP contribution >= 0.6 is 23.2 Å². The number of pyridine rings is 2. The molecule has 138 valence electrons. The van der Waals surface area contributed by atoms with Gasteiger partial charge in [0.25, 0.3) is 0 Å². The summed E-state index contributed by atoms with van der Waals surface area (Å²) in [4.78, 5) is 9.23. The Morgan fingerprint density at radius 3 is 1.39 bits per heavy atom. The lowest BCUT2D eigenvalue weighted by Gasteiger charge is -2.16. The molecule has 0 aliphatic carbocycles. The van der Waals surface area contributed by atoms with E-state index in [1.165, 1.54) is 0 Å². The summed E-state index contributed by atoms with van der Waals surface area (Å²) in [5, 5.41) is 1.35. The van der Waals surface area contributed by atoms with Gasteiger partial charge in [-0.05, 0) is 72.5 Å². The fourth-order valence-corrected chi connectivity index (χ4v) is 3.77. The zero-order chi connectivity index (χ0) is 19.7. The minimum Gasteiger partial charge on any atom is -0.256 e. The zero-order valence-corrected chi connectivity index (χ0v) is 17.1. The molecule has 0 atom stereocenters. The molecule has 2 nitrogen and oxygen atoms in total. The fraction of sp³-hybridized carbons (Fsp3) is 0.0833. The van der Waals surface area contributed by atoms with Crippen LogP contribution in [0.1, 0.15) is 11.1 Å². The van der Waals surface area contributed by atoms with Crippen molar-refractivity contribution >= 4 is 23.2 Å². The first kappa shape index (κ1) is 18.7. The lowest BCUT2D eigenvalue weighted by atomic mass is 9.90. The quantitative estimate of drug-likeness (QED) is 0.355. The second kappa shape index (κ2) is 7.75. The maximum absolute atomic E-state index is 6.35. The predicted molar refractivity (Wildman–Crippen MR) is 118 cm³/mol. The third kappa shape index (κ3) is 3.54. The number of halogens is 2. The monoisotopic (exact) mass is 404 g/mol. The van der Waals surface area contributed by atoms with Crippen LogP contribution in [-0.2, 0) is 0 Å². The first-order chi connectivity index (χ1) is 13.5. The molecular weight excluding hydrogens is 387 g/mol. The molecule has 2 aromatic carbocycles. The van der Waals surface area contributed by atoms with Gasteiger partial charge in [0.2, 0.25) is 0 Å². The number of benzene rings is 2. The van der Waals surface area contributed by atoms with Crippen molar-refractivity contribution in [2.75, 3.05) is 0 Å². The normalized spacial score (nSPS) is 10.9. The van der Waals surface area contributed by atoms with Crippen molar-refractivity contribution in [3.8, 4) is 33.6 Å². The van der Waals surface area contributed by atoms with Crippen LogP contribution in [0.15, 0.2) is 73.1 Å². The highest BCUT2D eigenvalue weighted by Crippen LogP contribution is 2.40. The highest BCUT2D eigenvalue weighted by atomic mass is 35.5. The Morgan fingerprint density at radius 1 is 0.571 bits per heavy atom. The van der Waals surface area contributed by atoms with Crippen molar-refractivity contribution in [3.05, 3.63) is 94.2 Å². The minimum atomic E-state index is 0.674. The van der Waals surface area contributed by atoms with E-state index in [4.69, 9.17) is 23.2 Å². The molecule has 0 saturated heterocycles. The van der Waals surface area contributed by atoms with E-state index in [0.717, 1.165) is 44.8 Å². The SMILES string of the molecule is Cc1cccnc1-c1cc(Cl)ccc1-c1ccc(Cl)cc1-c1ncccc1C. The average molecular weight is 405 g/mol. The van der Waals surface area contributed by atoms with E-state index < -0.39 is 0 Å². The summed E-state index contributed by atoms with van der Waals surface area (Å²) in [7, 11) is 0. The summed E-state index contributed by atoms with van der Waals surface area (Å²) in [6.07, 6.45) is 3.61. The Bertz CT molecular complexity index is 1080. The lowest BCUT2D eigenvalue weighted by molar-refractivity contribution is 1.26. The molecular formula is C24H18Cl2N2. The van der Waals surface area contributed by atoms with Gasteiger partial charge in [0.1, 0.15) is 0 Å². The van der Waals surface area contributed by atoms with Gasteiger partial charge >= 0.3 is 0 Å². The van der Waals surface area contributed by atoms with Crippen LogP contribution < -0.4 is 0 Å². The van der Waals surface area contributed by atoms with Crippen molar-refractivity contribution in [1.82, 2.24) is 9.97 Å². The molecule has 0 aliphatic rings. The average Bonchev–Trinajstić information content (AvgIpc) is 2.69. The molecule has 2 heterocycles. The van der Waals surface area contributed by atoms with Gasteiger partial charge in [0.15, 0.2) is 0 Å². The van der Waals surface area contributed by atoms with Crippen molar-refractivity contribution in [2.45, 2.75) is 13.8 Å². The number of hydrogen-bond acceptors (Lipinski definition) is 2. The van der Waals surface area contributed by atoms with E-state index >= 15 is 0 Å². The van der Waals surface area contributed by atoms with Gasteiger partial charge in [-0.3, -0.25) is 9.97 Å². The molecule has 4 rings (SSSR count). The van der Waals surface area contributed by atoms with E-state index in [9.17, 15) is 0 Å². The molecule has 0 radical (unpaired) electrons. The molecule has 28 heavy (non-hydrogen) atoms. The van der Waals surface area contributed by atoms with Gasteiger partial charge in [0.05, 0.1) is 11.4 Å². The summed E-state index contributed by atoms with van der Waals surface area (Å²) >= 11 is 12.7. The van der Waals surface area contributed by atoms with Crippen molar-refractivity contribution in [1.29, 1.82) is 0 Å². The molecule has 0 aliphatic heterocycles. The predicted octanol–water partition coefficient (Wildman–Crippen LogP) is 7.40. The number of nitrogens with zero attached hydrogens (tertiary/aromatic N) is 2. The Hall–Kier alpha value is -2.68. The van der Waals surface area contributed by atoms with Crippen LogP contribution in [0.2, 0.25) is 10.0 Å². The molecule has 0 unspecified atom stereocenters. The van der Waals surface area contributed by atoms with Crippen molar-refractivity contribution < 1.29 is 0 Å². The summed E-state index contributed by atoms with van der Waals surface area (Å²) in [5.74, 6) is 0. The molecule has 0 fully saturated rings. The van der Waals surface area contributed by atoms with Gasteiger partial charge in [-0.15, -0.1) is 0 Å². The number of aromatic nitrogens is 2. The minimum absolute atomic E-state index is 0.674. The third-order valence-electron chi connectivity index (χ3n) is 4.78. The van der Waals surface area contributed by atoms with E-state index in [-0.39, 0.29) is 0 Å². The standard InChI is InChI=1S/C24H18Cl2N2/c1-15-5-3-11-27-23(15)21-13-17(25)7-9-19(21)20-10-8-18(26)14-22(20)24-16(2)6-4-12-28-24/h3-14H,1-2H3. The number of aryl methyl sites for hydroxylation is 2. The Morgan fingerprint density at radius 2 is 1.00 bits per heavy atom. The van der Waals surface area contributed by atoms with Gasteiger partial charge < -0.3 is 0 Å². The molecule has 2 aromatic heterocycles. The summed E-state index contributed by atoms with van der Waals surface area (Å²) < 4.78 is 0. The second-order valence-electron chi connectivity index (χ2n) is 6.72. The Labute approximate surface area is 174 Å². The summed E-state index contributed by atoms with van der Waals surface area (Å²) in [5.41, 5.74) is 8.08. The van der Waals surface area contributed by atoms with Gasteiger partial charge in [-0.2, -0.15) is 0 Å². The maximum atomic E-state index is 6.35. The molecule has 0 spiro atoms. The molecule has 4 heteroatoms.